The Hall–Kier alpha value is -1.31. The minimum atomic E-state index is -0.181. The first kappa shape index (κ1) is 8.96. The summed E-state index contributed by atoms with van der Waals surface area (Å²) in [5.74, 6) is 0.443. The van der Waals surface area contributed by atoms with E-state index in [-0.39, 0.29) is 11.4 Å². The summed E-state index contributed by atoms with van der Waals surface area (Å²) in [5, 5.41) is 0. The molecule has 0 N–H and O–H groups in total. The van der Waals surface area contributed by atoms with Gasteiger partial charge in [0.05, 0.1) is 12.0 Å². The number of rotatable bonds is 2. The molecule has 0 spiro atoms. The van der Waals surface area contributed by atoms with Crippen LogP contribution in [0.2, 0.25) is 0 Å². The van der Waals surface area contributed by atoms with Gasteiger partial charge in [-0.15, -0.1) is 0 Å². The van der Waals surface area contributed by atoms with Gasteiger partial charge in [-0.2, -0.15) is 0 Å². The van der Waals surface area contributed by atoms with E-state index in [4.69, 9.17) is 4.74 Å². The van der Waals surface area contributed by atoms with E-state index in [1.807, 2.05) is 13.0 Å². The molecule has 2 aliphatic rings. The molecule has 0 radical (unpaired) electrons. The van der Waals surface area contributed by atoms with Crippen molar-refractivity contribution >= 4 is 5.97 Å². The van der Waals surface area contributed by atoms with Crippen molar-refractivity contribution in [2.45, 2.75) is 25.7 Å². The number of hydrogen-bond donors (Lipinski definition) is 0. The molecule has 0 amide bonds. The Morgan fingerprint density at radius 2 is 2.33 bits per heavy atom. The van der Waals surface area contributed by atoms with E-state index in [2.05, 4.69) is 18.2 Å². The molecule has 0 saturated heterocycles. The van der Waals surface area contributed by atoms with Crippen molar-refractivity contribution in [1.82, 2.24) is 0 Å². The average molecular weight is 202 g/mol. The highest BCUT2D eigenvalue weighted by molar-refractivity contribution is 5.84. The number of carbonyl (C=O) groups is 1. The molecule has 78 valence electrons. The molecule has 1 aromatic rings. The van der Waals surface area contributed by atoms with Crippen LogP contribution in [-0.2, 0) is 16.0 Å². The van der Waals surface area contributed by atoms with Gasteiger partial charge in [-0.1, -0.05) is 24.3 Å². The van der Waals surface area contributed by atoms with Crippen molar-refractivity contribution in [2.75, 3.05) is 6.61 Å². The molecule has 1 saturated carbocycles. The molecule has 2 nitrogen and oxygen atoms in total. The fourth-order valence-corrected chi connectivity index (χ4v) is 2.86. The highest BCUT2D eigenvalue weighted by atomic mass is 16.5. The molecule has 0 aliphatic heterocycles. The molecule has 0 heterocycles. The minimum absolute atomic E-state index is 0.00574. The summed E-state index contributed by atoms with van der Waals surface area (Å²) in [6, 6.07) is 8.37. The Morgan fingerprint density at radius 3 is 3.07 bits per heavy atom. The maximum atomic E-state index is 11.9. The lowest BCUT2D eigenvalue weighted by atomic mass is 10.0. The minimum Gasteiger partial charge on any atom is -0.466 e. The lowest BCUT2D eigenvalue weighted by Gasteiger charge is -2.10. The summed E-state index contributed by atoms with van der Waals surface area (Å²) in [6.07, 6.45) is 1.87. The van der Waals surface area contributed by atoms with Crippen LogP contribution in [0.5, 0.6) is 0 Å². The molecule has 15 heavy (non-hydrogen) atoms. The van der Waals surface area contributed by atoms with Gasteiger partial charge in [-0.25, -0.2) is 0 Å². The second kappa shape index (κ2) is 2.84. The Labute approximate surface area is 89.2 Å². The quantitative estimate of drug-likeness (QED) is 0.688. The van der Waals surface area contributed by atoms with Gasteiger partial charge >= 0.3 is 5.97 Å². The fraction of sp³-hybridized carbons (Fsp3) is 0.462. The van der Waals surface area contributed by atoms with Gasteiger partial charge in [0, 0.05) is 5.92 Å². The number of fused-ring (bicyclic) bond motifs is 3. The van der Waals surface area contributed by atoms with E-state index in [1.165, 1.54) is 11.1 Å². The predicted molar refractivity (Wildman–Crippen MR) is 56.6 cm³/mol. The van der Waals surface area contributed by atoms with Crippen molar-refractivity contribution in [3.8, 4) is 0 Å². The standard InChI is InChI=1S/C13H14O2/c1-2-15-12(14)13-7-9-5-3-4-6-10(9)11(13)8-13/h3-6,11H,2,7-8H2,1H3. The summed E-state index contributed by atoms with van der Waals surface area (Å²) < 4.78 is 5.16. The largest absolute Gasteiger partial charge is 0.466 e. The van der Waals surface area contributed by atoms with Crippen LogP contribution < -0.4 is 0 Å². The van der Waals surface area contributed by atoms with Gasteiger partial charge in [0.25, 0.3) is 0 Å². The maximum Gasteiger partial charge on any atom is 0.313 e. The van der Waals surface area contributed by atoms with Crippen LogP contribution in [0.25, 0.3) is 0 Å². The Morgan fingerprint density at radius 1 is 1.53 bits per heavy atom. The summed E-state index contributed by atoms with van der Waals surface area (Å²) in [5.41, 5.74) is 2.52. The lowest BCUT2D eigenvalue weighted by molar-refractivity contribution is -0.149. The van der Waals surface area contributed by atoms with Gasteiger partial charge in [0.15, 0.2) is 0 Å². The van der Waals surface area contributed by atoms with Gasteiger partial charge in [0.2, 0.25) is 0 Å². The van der Waals surface area contributed by atoms with E-state index in [0.29, 0.717) is 12.5 Å². The Bertz CT molecular complexity index is 424. The van der Waals surface area contributed by atoms with Gasteiger partial charge in [-0.05, 0) is 30.9 Å². The van der Waals surface area contributed by atoms with Crippen LogP contribution in [0.1, 0.15) is 30.4 Å². The summed E-state index contributed by atoms with van der Waals surface area (Å²) >= 11 is 0. The molecule has 3 rings (SSSR count). The summed E-state index contributed by atoms with van der Waals surface area (Å²) in [6.45, 7) is 2.36. The SMILES string of the molecule is CCOC(=O)C12Cc3ccccc3C1C2. The second-order valence-electron chi connectivity index (χ2n) is 4.51. The van der Waals surface area contributed by atoms with Crippen molar-refractivity contribution in [3.63, 3.8) is 0 Å². The molecule has 1 fully saturated rings. The summed E-state index contributed by atoms with van der Waals surface area (Å²) in [4.78, 5) is 11.9. The van der Waals surface area contributed by atoms with E-state index in [9.17, 15) is 4.79 Å². The van der Waals surface area contributed by atoms with Crippen LogP contribution >= 0.6 is 0 Å². The Balaban J connectivity index is 1.90. The molecule has 0 aromatic heterocycles. The first-order valence-corrected chi connectivity index (χ1v) is 5.53. The maximum absolute atomic E-state index is 11.9. The van der Waals surface area contributed by atoms with Crippen LogP contribution in [0.4, 0.5) is 0 Å². The zero-order valence-corrected chi connectivity index (χ0v) is 8.82. The third kappa shape index (κ3) is 1.08. The average Bonchev–Trinajstić information content (AvgIpc) is 2.88. The molecular weight excluding hydrogens is 188 g/mol. The number of carbonyl (C=O) groups excluding carboxylic acids is 1. The van der Waals surface area contributed by atoms with E-state index in [1.54, 1.807) is 0 Å². The van der Waals surface area contributed by atoms with Crippen molar-refractivity contribution < 1.29 is 9.53 Å². The van der Waals surface area contributed by atoms with Crippen LogP contribution in [0.15, 0.2) is 24.3 Å². The highest BCUT2D eigenvalue weighted by Gasteiger charge is 2.65. The lowest BCUT2D eigenvalue weighted by Crippen LogP contribution is -2.20. The van der Waals surface area contributed by atoms with Crippen LogP contribution in [0.3, 0.4) is 0 Å². The number of ether oxygens (including phenoxy) is 1. The molecule has 2 heteroatoms. The molecule has 0 bridgehead atoms. The normalized spacial score (nSPS) is 30.6. The van der Waals surface area contributed by atoms with E-state index < -0.39 is 0 Å². The fourth-order valence-electron chi connectivity index (χ4n) is 2.86. The third-order valence-corrected chi connectivity index (χ3v) is 3.69. The molecule has 1 aromatic carbocycles. The molecule has 2 atom stereocenters. The smallest absolute Gasteiger partial charge is 0.313 e. The highest BCUT2D eigenvalue weighted by Crippen LogP contribution is 2.67. The summed E-state index contributed by atoms with van der Waals surface area (Å²) in [7, 11) is 0. The predicted octanol–water partition coefficient (Wildman–Crippen LogP) is 2.28. The van der Waals surface area contributed by atoms with E-state index >= 15 is 0 Å². The Kier molecular flexibility index (Phi) is 1.70. The first-order chi connectivity index (χ1) is 7.28. The molecule has 2 aliphatic carbocycles. The molecular formula is C13H14O2. The zero-order valence-electron chi connectivity index (χ0n) is 8.82. The van der Waals surface area contributed by atoms with Crippen LogP contribution in [-0.4, -0.2) is 12.6 Å². The van der Waals surface area contributed by atoms with Gasteiger partial charge < -0.3 is 4.74 Å². The zero-order chi connectivity index (χ0) is 10.5. The van der Waals surface area contributed by atoms with E-state index in [0.717, 1.165) is 12.8 Å². The topological polar surface area (TPSA) is 26.3 Å². The van der Waals surface area contributed by atoms with Gasteiger partial charge in [-0.3, -0.25) is 4.79 Å². The third-order valence-electron chi connectivity index (χ3n) is 3.69. The number of benzene rings is 1. The van der Waals surface area contributed by atoms with Crippen molar-refractivity contribution in [2.24, 2.45) is 5.41 Å². The van der Waals surface area contributed by atoms with Crippen molar-refractivity contribution in [3.05, 3.63) is 35.4 Å². The first-order valence-electron chi connectivity index (χ1n) is 5.53. The van der Waals surface area contributed by atoms with Gasteiger partial charge in [0.1, 0.15) is 0 Å². The number of hydrogen-bond acceptors (Lipinski definition) is 2. The van der Waals surface area contributed by atoms with Crippen molar-refractivity contribution in [1.29, 1.82) is 0 Å². The number of esters is 1. The second-order valence-corrected chi connectivity index (χ2v) is 4.51. The van der Waals surface area contributed by atoms with Crippen LogP contribution in [0, 0.1) is 5.41 Å². The monoisotopic (exact) mass is 202 g/mol. The molecule has 2 unspecified atom stereocenters.